The Hall–Kier alpha value is -5.26. The number of hydrogen-bond acceptors (Lipinski definition) is 6. The number of guanidine groups is 2. The third-order valence-corrected chi connectivity index (χ3v) is 3.62. The lowest BCUT2D eigenvalue weighted by molar-refractivity contribution is -0.256. The molecule has 0 radical (unpaired) electrons. The largest absolute Gasteiger partial charge is 0.543 e. The lowest BCUT2D eigenvalue weighted by Gasteiger charge is -2.02. The first-order chi connectivity index (χ1) is 16.0. The summed E-state index contributed by atoms with van der Waals surface area (Å²) in [5.41, 5.74) is 19.6. The van der Waals surface area contributed by atoms with Gasteiger partial charge in [-0.05, 0) is 24.3 Å². The smallest absolute Gasteiger partial charge is 0.336 e. The van der Waals surface area contributed by atoms with Gasteiger partial charge in [-0.2, -0.15) is 0 Å². The fourth-order valence-corrected chi connectivity index (χ4v) is 2.36. The normalized spacial score (nSPS) is 9.18. The maximum Gasteiger partial charge on any atom is 0.336 e. The number of para-hydroxylation sites is 2. The highest BCUT2D eigenvalue weighted by Gasteiger charge is 1.98. The number of aromatic nitrogens is 2. The minimum atomic E-state index is -1.24. The van der Waals surface area contributed by atoms with Gasteiger partial charge in [-0.25, -0.2) is 9.97 Å². The van der Waals surface area contributed by atoms with Crippen molar-refractivity contribution in [2.75, 3.05) is 0 Å². The molecule has 0 saturated carbocycles. The first-order valence-electron chi connectivity index (χ1n) is 9.42. The van der Waals surface area contributed by atoms with E-state index in [4.69, 9.17) is 0 Å². The molecular formula is C22H24N8O4. The Balaban J connectivity index is 0.000000261. The Morgan fingerprint density at radius 3 is 1.18 bits per heavy atom. The van der Waals surface area contributed by atoms with Gasteiger partial charge in [-0.15, -0.1) is 0 Å². The summed E-state index contributed by atoms with van der Waals surface area (Å²) in [5.74, 6) is -2.66. The van der Waals surface area contributed by atoms with Crippen LogP contribution in [0.15, 0.2) is 72.8 Å². The van der Waals surface area contributed by atoms with E-state index in [9.17, 15) is 19.8 Å². The zero-order valence-electron chi connectivity index (χ0n) is 17.9. The van der Waals surface area contributed by atoms with Crippen molar-refractivity contribution in [3.05, 3.63) is 84.2 Å². The Bertz CT molecular complexity index is 1200. The Kier molecular flexibility index (Phi) is 10.4. The SMILES string of the molecule is NC(N)=[NH2+].NC(N)=[NH2+].O=C([O-])c1ccc2ccccc2n1.O=C([O-])c1ccc2ccccc2n1. The highest BCUT2D eigenvalue weighted by molar-refractivity contribution is 5.89. The van der Waals surface area contributed by atoms with E-state index in [1.54, 1.807) is 24.3 Å². The van der Waals surface area contributed by atoms with Crippen LogP contribution in [-0.4, -0.2) is 33.8 Å². The predicted octanol–water partition coefficient (Wildman–Crippen LogP) is -4.77. The van der Waals surface area contributed by atoms with Crippen molar-refractivity contribution in [2.24, 2.45) is 22.9 Å². The third-order valence-electron chi connectivity index (χ3n) is 3.62. The number of aromatic carboxylic acids is 2. The fourth-order valence-electron chi connectivity index (χ4n) is 2.36. The zero-order valence-corrected chi connectivity index (χ0v) is 17.9. The number of nitrogens with two attached hydrogens (primary N) is 6. The zero-order chi connectivity index (χ0) is 25.7. The average Bonchev–Trinajstić information content (AvgIpc) is 2.78. The average molecular weight is 464 g/mol. The highest BCUT2D eigenvalue weighted by atomic mass is 16.4. The van der Waals surface area contributed by atoms with Gasteiger partial charge in [-0.3, -0.25) is 33.8 Å². The van der Waals surface area contributed by atoms with E-state index < -0.39 is 11.9 Å². The van der Waals surface area contributed by atoms with E-state index in [2.05, 4.69) is 43.7 Å². The Morgan fingerprint density at radius 1 is 0.588 bits per heavy atom. The Morgan fingerprint density at radius 2 is 0.882 bits per heavy atom. The monoisotopic (exact) mass is 464 g/mol. The maximum atomic E-state index is 10.5. The van der Waals surface area contributed by atoms with E-state index in [-0.39, 0.29) is 23.3 Å². The van der Waals surface area contributed by atoms with Crippen LogP contribution in [0.25, 0.3) is 21.8 Å². The lowest BCUT2D eigenvalue weighted by Crippen LogP contribution is -2.51. The molecule has 2 heterocycles. The van der Waals surface area contributed by atoms with Crippen molar-refractivity contribution in [1.29, 1.82) is 0 Å². The van der Waals surface area contributed by atoms with Crippen LogP contribution in [0, 0.1) is 0 Å². The molecule has 0 aliphatic carbocycles. The van der Waals surface area contributed by atoms with Gasteiger partial charge in [0.25, 0.3) is 0 Å². The van der Waals surface area contributed by atoms with Gasteiger partial charge in [-0.1, -0.05) is 48.5 Å². The first-order valence-corrected chi connectivity index (χ1v) is 9.42. The second-order valence-corrected chi connectivity index (χ2v) is 6.35. The van der Waals surface area contributed by atoms with Crippen molar-refractivity contribution in [2.45, 2.75) is 0 Å². The summed E-state index contributed by atoms with van der Waals surface area (Å²) < 4.78 is 0. The van der Waals surface area contributed by atoms with E-state index in [0.717, 1.165) is 10.8 Å². The molecule has 176 valence electrons. The van der Waals surface area contributed by atoms with Crippen LogP contribution >= 0.6 is 0 Å². The maximum absolute atomic E-state index is 10.5. The number of fused-ring (bicyclic) bond motifs is 2. The van der Waals surface area contributed by atoms with Gasteiger partial charge in [0.2, 0.25) is 0 Å². The molecule has 0 bridgehead atoms. The summed E-state index contributed by atoms with van der Waals surface area (Å²) in [5, 5.41) is 32.0. The number of hydrogen-bond donors (Lipinski definition) is 6. The highest BCUT2D eigenvalue weighted by Crippen LogP contribution is 2.11. The molecule has 12 heteroatoms. The minimum Gasteiger partial charge on any atom is -0.543 e. The quantitative estimate of drug-likeness (QED) is 0.122. The molecule has 0 unspecified atom stereocenters. The topological polar surface area (TPSA) is 261 Å². The van der Waals surface area contributed by atoms with Crippen LogP contribution < -0.4 is 44.0 Å². The lowest BCUT2D eigenvalue weighted by atomic mass is 10.2. The summed E-state index contributed by atoms with van der Waals surface area (Å²) in [4.78, 5) is 28.8. The summed E-state index contributed by atoms with van der Waals surface area (Å²) in [7, 11) is 0. The summed E-state index contributed by atoms with van der Waals surface area (Å²) >= 11 is 0. The molecule has 4 rings (SSSR count). The van der Waals surface area contributed by atoms with Crippen LogP contribution in [0.1, 0.15) is 21.0 Å². The number of carboxylic acids is 2. The predicted molar refractivity (Wildman–Crippen MR) is 123 cm³/mol. The summed E-state index contributed by atoms with van der Waals surface area (Å²) in [6, 6.07) is 21.0. The number of carbonyl (C=O) groups is 2. The van der Waals surface area contributed by atoms with Gasteiger partial charge >= 0.3 is 11.9 Å². The van der Waals surface area contributed by atoms with Gasteiger partial charge < -0.3 is 19.8 Å². The van der Waals surface area contributed by atoms with Crippen molar-refractivity contribution in [3.8, 4) is 0 Å². The fraction of sp³-hybridized carbons (Fsp3) is 0. The van der Waals surface area contributed by atoms with Crippen molar-refractivity contribution in [3.63, 3.8) is 0 Å². The molecule has 0 aliphatic rings. The van der Waals surface area contributed by atoms with Crippen molar-refractivity contribution in [1.82, 2.24) is 9.97 Å². The van der Waals surface area contributed by atoms with Crippen LogP contribution in [0.5, 0.6) is 0 Å². The summed E-state index contributed by atoms with van der Waals surface area (Å²) in [6.45, 7) is 0. The van der Waals surface area contributed by atoms with Crippen LogP contribution in [-0.2, 0) is 0 Å². The Labute approximate surface area is 193 Å². The number of rotatable bonds is 2. The van der Waals surface area contributed by atoms with Crippen LogP contribution in [0.4, 0.5) is 0 Å². The number of nitrogens with zero attached hydrogens (tertiary/aromatic N) is 2. The van der Waals surface area contributed by atoms with Crippen LogP contribution in [0.3, 0.4) is 0 Å². The standard InChI is InChI=1S/2C10H7NO2.2CH5N3/c2*12-10(13)9-6-5-7-3-1-2-4-8(7)11-9;2*2-1(3)4/h2*1-6H,(H,12,13);2*(H5,2,3,4). The van der Waals surface area contributed by atoms with Crippen LogP contribution in [0.2, 0.25) is 0 Å². The van der Waals surface area contributed by atoms with E-state index in [1.165, 1.54) is 12.1 Å². The first kappa shape index (κ1) is 26.8. The van der Waals surface area contributed by atoms with Crippen molar-refractivity contribution >= 4 is 45.7 Å². The molecule has 34 heavy (non-hydrogen) atoms. The van der Waals surface area contributed by atoms with Gasteiger partial charge in [0.15, 0.2) is 0 Å². The summed E-state index contributed by atoms with van der Waals surface area (Å²) in [6.07, 6.45) is 0. The molecule has 0 aliphatic heterocycles. The second-order valence-electron chi connectivity index (χ2n) is 6.35. The molecule has 0 amide bonds. The van der Waals surface area contributed by atoms with E-state index >= 15 is 0 Å². The number of carboxylic acid groups (broad SMARTS) is 2. The number of benzene rings is 2. The molecule has 0 saturated heterocycles. The second kappa shape index (κ2) is 13.2. The number of pyridine rings is 2. The molecule has 0 spiro atoms. The molecule has 12 nitrogen and oxygen atoms in total. The molecule has 0 fully saturated rings. The van der Waals surface area contributed by atoms with Gasteiger partial charge in [0.1, 0.15) is 0 Å². The molecule has 12 N–H and O–H groups in total. The molecule has 4 aromatic rings. The minimum absolute atomic E-state index is 0.0290. The van der Waals surface area contributed by atoms with Gasteiger partial charge in [0.05, 0.1) is 34.4 Å². The molecule has 0 atom stereocenters. The molecule has 2 aromatic carbocycles. The van der Waals surface area contributed by atoms with Crippen molar-refractivity contribution < 1.29 is 30.6 Å². The molecular weight excluding hydrogens is 440 g/mol. The van der Waals surface area contributed by atoms with E-state index in [0.29, 0.717) is 11.0 Å². The van der Waals surface area contributed by atoms with Gasteiger partial charge in [0, 0.05) is 10.8 Å². The molecule has 2 aromatic heterocycles. The van der Waals surface area contributed by atoms with E-state index in [1.807, 2.05) is 36.4 Å². The third kappa shape index (κ3) is 9.70. The number of carbonyl (C=O) groups excluding carboxylic acids is 2.